The first-order valence-corrected chi connectivity index (χ1v) is 10.8. The number of likely N-dealkylation sites (tertiary alicyclic amines) is 1. The number of aryl methyl sites for hydroxylation is 1. The zero-order valence-corrected chi connectivity index (χ0v) is 18.4. The van der Waals surface area contributed by atoms with Crippen LogP contribution in [0.1, 0.15) is 61.0 Å². The molecule has 1 fully saturated rings. The largest absolute Gasteiger partial charge is 0.481 e. The van der Waals surface area contributed by atoms with Crippen molar-refractivity contribution in [2.45, 2.75) is 58.6 Å². The van der Waals surface area contributed by atoms with Crippen molar-refractivity contribution in [3.05, 3.63) is 65.2 Å². The number of carbonyl (C=O) groups excluding carboxylic acids is 2. The number of hydrogen-bond acceptors (Lipinski definition) is 3. The van der Waals surface area contributed by atoms with Crippen LogP contribution in [-0.2, 0) is 4.79 Å². The van der Waals surface area contributed by atoms with E-state index >= 15 is 0 Å². The SMILES string of the molecule is Cc1ccccc1C(=O)N1CCC(NC(=O)C(C)Oc2ccc(C(C)C)cc2)CC1. The Bertz CT molecular complexity index is 868. The smallest absolute Gasteiger partial charge is 0.260 e. The van der Waals surface area contributed by atoms with Crippen molar-refractivity contribution in [1.29, 1.82) is 0 Å². The summed E-state index contributed by atoms with van der Waals surface area (Å²) in [5, 5.41) is 3.08. The monoisotopic (exact) mass is 408 g/mol. The van der Waals surface area contributed by atoms with Crippen LogP contribution in [0.4, 0.5) is 0 Å². The Morgan fingerprint density at radius 3 is 2.23 bits per heavy atom. The van der Waals surface area contributed by atoms with Crippen molar-refractivity contribution in [2.24, 2.45) is 0 Å². The molecule has 1 heterocycles. The lowest BCUT2D eigenvalue weighted by Crippen LogP contribution is -2.49. The first-order valence-electron chi connectivity index (χ1n) is 10.8. The van der Waals surface area contributed by atoms with E-state index < -0.39 is 6.10 Å². The van der Waals surface area contributed by atoms with Crippen molar-refractivity contribution >= 4 is 11.8 Å². The minimum atomic E-state index is -0.568. The van der Waals surface area contributed by atoms with E-state index in [1.54, 1.807) is 6.92 Å². The summed E-state index contributed by atoms with van der Waals surface area (Å²) in [5.74, 6) is 1.11. The van der Waals surface area contributed by atoms with Gasteiger partial charge in [0, 0.05) is 24.7 Å². The molecule has 5 heteroatoms. The lowest BCUT2D eigenvalue weighted by molar-refractivity contribution is -0.128. The van der Waals surface area contributed by atoms with Gasteiger partial charge in [-0.25, -0.2) is 0 Å². The van der Waals surface area contributed by atoms with Gasteiger partial charge in [-0.2, -0.15) is 0 Å². The van der Waals surface area contributed by atoms with Gasteiger partial charge in [0.1, 0.15) is 5.75 Å². The van der Waals surface area contributed by atoms with Crippen LogP contribution >= 0.6 is 0 Å². The van der Waals surface area contributed by atoms with Gasteiger partial charge in [0.25, 0.3) is 11.8 Å². The van der Waals surface area contributed by atoms with Gasteiger partial charge >= 0.3 is 0 Å². The number of piperidine rings is 1. The zero-order chi connectivity index (χ0) is 21.7. The topological polar surface area (TPSA) is 58.6 Å². The second-order valence-electron chi connectivity index (χ2n) is 8.37. The lowest BCUT2D eigenvalue weighted by Gasteiger charge is -2.33. The van der Waals surface area contributed by atoms with Gasteiger partial charge in [-0.3, -0.25) is 9.59 Å². The third kappa shape index (κ3) is 5.41. The first-order chi connectivity index (χ1) is 14.3. The quantitative estimate of drug-likeness (QED) is 0.775. The molecule has 3 rings (SSSR count). The fraction of sp³-hybridized carbons (Fsp3) is 0.440. The Balaban J connectivity index is 1.47. The van der Waals surface area contributed by atoms with E-state index in [1.165, 1.54) is 5.56 Å². The maximum absolute atomic E-state index is 12.7. The van der Waals surface area contributed by atoms with E-state index in [2.05, 4.69) is 19.2 Å². The molecule has 1 unspecified atom stereocenters. The van der Waals surface area contributed by atoms with Crippen LogP contribution in [0.3, 0.4) is 0 Å². The number of rotatable bonds is 6. The van der Waals surface area contributed by atoms with Crippen LogP contribution in [0, 0.1) is 6.92 Å². The summed E-state index contributed by atoms with van der Waals surface area (Å²) in [4.78, 5) is 27.2. The molecule has 2 aromatic carbocycles. The van der Waals surface area contributed by atoms with E-state index in [9.17, 15) is 9.59 Å². The molecule has 5 nitrogen and oxygen atoms in total. The minimum absolute atomic E-state index is 0.0628. The number of ether oxygens (including phenoxy) is 1. The van der Waals surface area contributed by atoms with Gasteiger partial charge in [0.2, 0.25) is 0 Å². The molecule has 160 valence electrons. The Morgan fingerprint density at radius 1 is 1.00 bits per heavy atom. The van der Waals surface area contributed by atoms with Crippen LogP contribution < -0.4 is 10.1 Å². The number of nitrogens with zero attached hydrogens (tertiary/aromatic N) is 1. The van der Waals surface area contributed by atoms with Crippen LogP contribution in [0.5, 0.6) is 5.75 Å². The van der Waals surface area contributed by atoms with E-state index in [4.69, 9.17) is 4.74 Å². The molecule has 2 amide bonds. The summed E-state index contributed by atoms with van der Waals surface area (Å²) in [6, 6.07) is 15.6. The Morgan fingerprint density at radius 2 is 1.63 bits per heavy atom. The third-order valence-electron chi connectivity index (χ3n) is 5.73. The first kappa shape index (κ1) is 21.9. The normalized spacial score (nSPS) is 15.7. The van der Waals surface area contributed by atoms with Crippen molar-refractivity contribution in [1.82, 2.24) is 10.2 Å². The molecule has 1 N–H and O–H groups in total. The Hall–Kier alpha value is -2.82. The molecule has 2 aromatic rings. The summed E-state index contributed by atoms with van der Waals surface area (Å²) in [5.41, 5.74) is 2.99. The average Bonchev–Trinajstić information content (AvgIpc) is 2.74. The van der Waals surface area contributed by atoms with Gasteiger partial charge < -0.3 is 15.0 Å². The standard InChI is InChI=1S/C25H32N2O3/c1-17(2)20-9-11-22(12-10-20)30-19(4)24(28)26-21-13-15-27(16-14-21)25(29)23-8-6-5-7-18(23)3/h5-12,17,19,21H,13-16H2,1-4H3,(H,26,28). The van der Waals surface area contributed by atoms with E-state index in [1.807, 2.05) is 60.4 Å². The van der Waals surface area contributed by atoms with Gasteiger partial charge in [-0.15, -0.1) is 0 Å². The summed E-state index contributed by atoms with van der Waals surface area (Å²) in [6.45, 7) is 9.30. The molecule has 0 bridgehead atoms. The molecule has 0 aromatic heterocycles. The number of benzene rings is 2. The minimum Gasteiger partial charge on any atom is -0.481 e. The molecule has 1 aliphatic heterocycles. The Labute approximate surface area is 179 Å². The predicted octanol–water partition coefficient (Wildman–Crippen LogP) is 4.31. The number of hydrogen-bond donors (Lipinski definition) is 1. The maximum Gasteiger partial charge on any atom is 0.260 e. The maximum atomic E-state index is 12.7. The molecule has 0 radical (unpaired) electrons. The van der Waals surface area contributed by atoms with Gasteiger partial charge in [-0.1, -0.05) is 44.2 Å². The second kappa shape index (κ2) is 9.79. The van der Waals surface area contributed by atoms with Gasteiger partial charge in [0.05, 0.1) is 0 Å². The van der Waals surface area contributed by atoms with Crippen LogP contribution in [0.2, 0.25) is 0 Å². The fourth-order valence-corrected chi connectivity index (χ4v) is 3.72. The van der Waals surface area contributed by atoms with Crippen LogP contribution in [0.25, 0.3) is 0 Å². The second-order valence-corrected chi connectivity index (χ2v) is 8.37. The molecule has 0 aliphatic carbocycles. The Kier molecular flexibility index (Phi) is 7.14. The van der Waals surface area contributed by atoms with Crippen molar-refractivity contribution in [3.63, 3.8) is 0 Å². The number of carbonyl (C=O) groups is 2. The summed E-state index contributed by atoms with van der Waals surface area (Å²) in [7, 11) is 0. The highest BCUT2D eigenvalue weighted by Gasteiger charge is 2.26. The molecular weight excluding hydrogens is 376 g/mol. The molecule has 0 spiro atoms. The lowest BCUT2D eigenvalue weighted by atomic mass is 10.0. The average molecular weight is 409 g/mol. The predicted molar refractivity (Wildman–Crippen MR) is 119 cm³/mol. The van der Waals surface area contributed by atoms with Crippen molar-refractivity contribution in [2.75, 3.05) is 13.1 Å². The zero-order valence-electron chi connectivity index (χ0n) is 18.4. The van der Waals surface area contributed by atoms with Crippen molar-refractivity contribution in [3.8, 4) is 5.75 Å². The summed E-state index contributed by atoms with van der Waals surface area (Å²) >= 11 is 0. The van der Waals surface area contributed by atoms with Gasteiger partial charge in [0.15, 0.2) is 6.10 Å². The van der Waals surface area contributed by atoms with E-state index in [-0.39, 0.29) is 17.9 Å². The number of nitrogens with one attached hydrogen (secondary N) is 1. The highest BCUT2D eigenvalue weighted by atomic mass is 16.5. The van der Waals surface area contributed by atoms with E-state index in [0.29, 0.717) is 24.8 Å². The van der Waals surface area contributed by atoms with Gasteiger partial charge in [-0.05, 0) is 61.9 Å². The highest BCUT2D eigenvalue weighted by molar-refractivity contribution is 5.95. The molecule has 0 saturated carbocycles. The molecule has 1 atom stereocenters. The number of amides is 2. The molecule has 1 saturated heterocycles. The molecule has 30 heavy (non-hydrogen) atoms. The third-order valence-corrected chi connectivity index (χ3v) is 5.73. The van der Waals surface area contributed by atoms with Crippen molar-refractivity contribution < 1.29 is 14.3 Å². The highest BCUT2D eigenvalue weighted by Crippen LogP contribution is 2.20. The molecule has 1 aliphatic rings. The molecular formula is C25H32N2O3. The summed E-state index contributed by atoms with van der Waals surface area (Å²) in [6.07, 6.45) is 0.930. The van der Waals surface area contributed by atoms with Crippen LogP contribution in [-0.4, -0.2) is 41.9 Å². The fourth-order valence-electron chi connectivity index (χ4n) is 3.72. The van der Waals surface area contributed by atoms with Crippen LogP contribution in [0.15, 0.2) is 48.5 Å². The van der Waals surface area contributed by atoms with E-state index in [0.717, 1.165) is 24.0 Å². The summed E-state index contributed by atoms with van der Waals surface area (Å²) < 4.78 is 5.81.